The number of carbonyl (C=O) groups is 1. The van der Waals surface area contributed by atoms with Crippen LogP contribution in [-0.2, 0) is 16.1 Å². The van der Waals surface area contributed by atoms with Gasteiger partial charge in [0.2, 0.25) is 0 Å². The Hall–Kier alpha value is -1.35. The van der Waals surface area contributed by atoms with Gasteiger partial charge in [0.25, 0.3) is 0 Å². The normalized spacial score (nSPS) is 30.1. The number of benzene rings is 1. The average Bonchev–Trinajstić information content (AvgIpc) is 2.98. The quantitative estimate of drug-likeness (QED) is 0.830. The molecule has 1 N–H and O–H groups in total. The minimum Gasteiger partial charge on any atom is -0.460 e. The Kier molecular flexibility index (Phi) is 3.33. The van der Waals surface area contributed by atoms with Crippen LogP contribution in [0, 0.1) is 5.92 Å². The number of rotatable bonds is 3. The van der Waals surface area contributed by atoms with Crippen LogP contribution < -0.4 is 5.32 Å². The van der Waals surface area contributed by atoms with Crippen molar-refractivity contribution in [1.29, 1.82) is 0 Å². The van der Waals surface area contributed by atoms with Gasteiger partial charge in [0.15, 0.2) is 0 Å². The van der Waals surface area contributed by atoms with Crippen molar-refractivity contribution in [3.8, 4) is 0 Å². The molecule has 1 aliphatic heterocycles. The zero-order valence-electron chi connectivity index (χ0n) is 10.5. The van der Waals surface area contributed by atoms with Gasteiger partial charge in [0.1, 0.15) is 12.6 Å². The van der Waals surface area contributed by atoms with E-state index in [4.69, 9.17) is 4.74 Å². The molecule has 3 atom stereocenters. The fourth-order valence-electron chi connectivity index (χ4n) is 3.16. The molecule has 1 saturated heterocycles. The second-order valence-corrected chi connectivity index (χ2v) is 5.35. The molecule has 3 nitrogen and oxygen atoms in total. The largest absolute Gasteiger partial charge is 0.460 e. The van der Waals surface area contributed by atoms with Crippen molar-refractivity contribution in [3.05, 3.63) is 35.9 Å². The third-order valence-corrected chi connectivity index (χ3v) is 4.12. The zero-order chi connectivity index (χ0) is 12.4. The van der Waals surface area contributed by atoms with E-state index in [2.05, 4.69) is 5.32 Å². The summed E-state index contributed by atoms with van der Waals surface area (Å²) in [4.78, 5) is 12.0. The summed E-state index contributed by atoms with van der Waals surface area (Å²) in [6.45, 7) is 0.382. The molecule has 0 unspecified atom stereocenters. The van der Waals surface area contributed by atoms with E-state index in [1.807, 2.05) is 30.3 Å². The molecular formula is C15H19NO2. The number of esters is 1. The number of ether oxygens (including phenoxy) is 1. The fourth-order valence-corrected chi connectivity index (χ4v) is 3.16. The summed E-state index contributed by atoms with van der Waals surface area (Å²) in [6, 6.07) is 10.3. The van der Waals surface area contributed by atoms with E-state index in [1.165, 1.54) is 19.3 Å². The van der Waals surface area contributed by atoms with Gasteiger partial charge in [-0.2, -0.15) is 0 Å². The van der Waals surface area contributed by atoms with E-state index in [0.29, 0.717) is 18.6 Å². The molecule has 18 heavy (non-hydrogen) atoms. The zero-order valence-corrected chi connectivity index (χ0v) is 10.5. The maximum Gasteiger partial charge on any atom is 0.323 e. The molecule has 1 aromatic carbocycles. The monoisotopic (exact) mass is 245 g/mol. The molecule has 0 amide bonds. The van der Waals surface area contributed by atoms with Gasteiger partial charge >= 0.3 is 5.97 Å². The van der Waals surface area contributed by atoms with Gasteiger partial charge in [-0.25, -0.2) is 0 Å². The van der Waals surface area contributed by atoms with Crippen molar-refractivity contribution in [3.63, 3.8) is 0 Å². The Bertz CT molecular complexity index is 406. The van der Waals surface area contributed by atoms with Crippen molar-refractivity contribution in [1.82, 2.24) is 5.32 Å². The lowest BCUT2D eigenvalue weighted by Gasteiger charge is -2.12. The summed E-state index contributed by atoms with van der Waals surface area (Å²) in [6.07, 6.45) is 4.74. The van der Waals surface area contributed by atoms with Crippen LogP contribution in [-0.4, -0.2) is 18.1 Å². The molecule has 3 rings (SSSR count). The van der Waals surface area contributed by atoms with Gasteiger partial charge in [0.05, 0.1) is 0 Å². The highest BCUT2D eigenvalue weighted by molar-refractivity contribution is 5.76. The minimum atomic E-state index is -0.0896. The van der Waals surface area contributed by atoms with Crippen LogP contribution in [0.25, 0.3) is 0 Å². The van der Waals surface area contributed by atoms with Crippen LogP contribution >= 0.6 is 0 Å². The molecule has 1 heterocycles. The van der Waals surface area contributed by atoms with E-state index in [9.17, 15) is 4.79 Å². The predicted octanol–water partition coefficient (Wildman–Crippen LogP) is 2.26. The van der Waals surface area contributed by atoms with Crippen molar-refractivity contribution in [2.24, 2.45) is 5.92 Å². The lowest BCUT2D eigenvalue weighted by molar-refractivity contribution is -0.147. The molecule has 96 valence electrons. The molecule has 0 aromatic heterocycles. The molecule has 2 aliphatic rings. The molecule has 1 saturated carbocycles. The molecule has 3 heteroatoms. The smallest absolute Gasteiger partial charge is 0.323 e. The number of hydrogen-bond donors (Lipinski definition) is 1. The number of hydrogen-bond acceptors (Lipinski definition) is 3. The van der Waals surface area contributed by atoms with Crippen molar-refractivity contribution in [2.45, 2.75) is 44.4 Å². The van der Waals surface area contributed by atoms with Crippen molar-refractivity contribution in [2.75, 3.05) is 0 Å². The highest BCUT2D eigenvalue weighted by atomic mass is 16.5. The lowest BCUT2D eigenvalue weighted by Crippen LogP contribution is -2.36. The number of fused-ring (bicyclic) bond motifs is 1. The van der Waals surface area contributed by atoms with Crippen LogP contribution in [0.15, 0.2) is 30.3 Å². The summed E-state index contributed by atoms with van der Waals surface area (Å²) in [5.41, 5.74) is 1.05. The van der Waals surface area contributed by atoms with Gasteiger partial charge in [-0.1, -0.05) is 36.8 Å². The van der Waals surface area contributed by atoms with E-state index in [1.54, 1.807) is 0 Å². The summed E-state index contributed by atoms with van der Waals surface area (Å²) in [7, 11) is 0. The SMILES string of the molecule is O=C(OCc1ccccc1)[C@H]1C[C@@H]2CCC[C@H]2N1. The first-order chi connectivity index (χ1) is 8.83. The second-order valence-electron chi connectivity index (χ2n) is 5.35. The van der Waals surface area contributed by atoms with Gasteiger partial charge in [0, 0.05) is 6.04 Å². The highest BCUT2D eigenvalue weighted by Gasteiger charge is 2.40. The molecule has 2 fully saturated rings. The molecule has 0 bridgehead atoms. The summed E-state index contributed by atoms with van der Waals surface area (Å²) in [5.74, 6) is 0.604. The van der Waals surface area contributed by atoms with E-state index >= 15 is 0 Å². The first kappa shape index (κ1) is 11.7. The topological polar surface area (TPSA) is 38.3 Å². The number of nitrogens with one attached hydrogen (secondary N) is 1. The lowest BCUT2D eigenvalue weighted by atomic mass is 10.0. The van der Waals surface area contributed by atoms with Crippen molar-refractivity contribution >= 4 is 5.97 Å². The van der Waals surface area contributed by atoms with E-state index in [0.717, 1.165) is 12.0 Å². The van der Waals surface area contributed by atoms with Gasteiger partial charge in [-0.05, 0) is 30.7 Å². The predicted molar refractivity (Wildman–Crippen MR) is 68.9 cm³/mol. The Morgan fingerprint density at radius 3 is 2.89 bits per heavy atom. The van der Waals surface area contributed by atoms with E-state index in [-0.39, 0.29) is 12.0 Å². The maximum absolute atomic E-state index is 12.0. The van der Waals surface area contributed by atoms with Crippen LogP contribution in [0.1, 0.15) is 31.2 Å². The Morgan fingerprint density at radius 2 is 2.11 bits per heavy atom. The van der Waals surface area contributed by atoms with Gasteiger partial charge < -0.3 is 10.1 Å². The first-order valence-electron chi connectivity index (χ1n) is 6.79. The van der Waals surface area contributed by atoms with Crippen molar-refractivity contribution < 1.29 is 9.53 Å². The third-order valence-electron chi connectivity index (χ3n) is 4.12. The maximum atomic E-state index is 12.0. The Morgan fingerprint density at radius 1 is 1.28 bits per heavy atom. The summed E-state index contributed by atoms with van der Waals surface area (Å²) < 4.78 is 5.38. The van der Waals surface area contributed by atoms with Crippen LogP contribution in [0.3, 0.4) is 0 Å². The molecule has 1 aromatic rings. The Labute approximate surface area is 108 Å². The highest BCUT2D eigenvalue weighted by Crippen LogP contribution is 2.34. The number of carbonyl (C=O) groups excluding carboxylic acids is 1. The van der Waals surface area contributed by atoms with Gasteiger partial charge in [-0.3, -0.25) is 4.79 Å². The van der Waals surface area contributed by atoms with Crippen LogP contribution in [0.4, 0.5) is 0 Å². The fraction of sp³-hybridized carbons (Fsp3) is 0.533. The summed E-state index contributed by atoms with van der Waals surface area (Å²) >= 11 is 0. The third kappa shape index (κ3) is 2.41. The second kappa shape index (κ2) is 5.11. The molecule has 0 radical (unpaired) electrons. The summed E-state index contributed by atoms with van der Waals surface area (Å²) in [5, 5.41) is 3.41. The van der Waals surface area contributed by atoms with Crippen LogP contribution in [0.5, 0.6) is 0 Å². The standard InChI is InChI=1S/C15H19NO2/c17-15(18-10-11-5-2-1-3-6-11)14-9-12-7-4-8-13(12)16-14/h1-3,5-6,12-14,16H,4,7-10H2/t12-,13+,14+/m0/s1. The minimum absolute atomic E-state index is 0.0796. The first-order valence-corrected chi connectivity index (χ1v) is 6.79. The van der Waals surface area contributed by atoms with E-state index < -0.39 is 0 Å². The van der Waals surface area contributed by atoms with Crippen LogP contribution in [0.2, 0.25) is 0 Å². The average molecular weight is 245 g/mol. The molecule has 1 aliphatic carbocycles. The molecule has 0 spiro atoms. The molecular weight excluding hydrogens is 226 g/mol. The Balaban J connectivity index is 1.50. The van der Waals surface area contributed by atoms with Gasteiger partial charge in [-0.15, -0.1) is 0 Å².